The monoisotopic (exact) mass is 285 g/mol. The van der Waals surface area contributed by atoms with Crippen LogP contribution in [0.15, 0.2) is 17.5 Å². The third-order valence-corrected chi connectivity index (χ3v) is 4.11. The molecule has 0 fully saturated rings. The molecule has 1 heterocycles. The zero-order chi connectivity index (χ0) is 14.5. The molecule has 1 amide bonds. The van der Waals surface area contributed by atoms with Crippen LogP contribution in [0.1, 0.15) is 25.1 Å². The van der Waals surface area contributed by atoms with Crippen molar-refractivity contribution in [1.29, 1.82) is 0 Å². The van der Waals surface area contributed by atoms with Crippen molar-refractivity contribution < 1.29 is 19.4 Å². The Bertz CT molecular complexity index is 428. The average Bonchev–Trinajstić information content (AvgIpc) is 2.87. The van der Waals surface area contributed by atoms with Crippen LogP contribution in [0.3, 0.4) is 0 Å². The zero-order valence-corrected chi connectivity index (χ0v) is 12.1. The number of hydrogen-bond donors (Lipinski definition) is 2. The van der Waals surface area contributed by atoms with Gasteiger partial charge in [0, 0.05) is 25.0 Å². The highest BCUT2D eigenvalue weighted by Crippen LogP contribution is 2.27. The van der Waals surface area contributed by atoms with Crippen LogP contribution in [-0.4, -0.2) is 36.7 Å². The molecule has 106 valence electrons. The average molecular weight is 285 g/mol. The number of carbonyl (C=O) groups excluding carboxylic acids is 1. The number of rotatable bonds is 7. The topological polar surface area (TPSA) is 75.6 Å². The van der Waals surface area contributed by atoms with E-state index in [4.69, 9.17) is 9.84 Å². The molecule has 1 atom stereocenters. The molecule has 19 heavy (non-hydrogen) atoms. The summed E-state index contributed by atoms with van der Waals surface area (Å²) in [5.41, 5.74) is -0.741. The highest BCUT2D eigenvalue weighted by molar-refractivity contribution is 7.10. The fourth-order valence-corrected chi connectivity index (χ4v) is 2.43. The van der Waals surface area contributed by atoms with E-state index < -0.39 is 17.4 Å². The lowest BCUT2D eigenvalue weighted by Crippen LogP contribution is -2.48. The standard InChI is InChI=1S/C13H19NO4S/c1-13(2,10-5-4-8-19-10)12(17)14-9(11(15)16)6-7-18-3/h4-5,8-9H,6-7H2,1-3H3,(H,14,17)(H,15,16). The molecule has 1 rings (SSSR count). The van der Waals surface area contributed by atoms with Crippen LogP contribution in [0, 0.1) is 0 Å². The maximum absolute atomic E-state index is 12.2. The van der Waals surface area contributed by atoms with Gasteiger partial charge in [-0.2, -0.15) is 0 Å². The van der Waals surface area contributed by atoms with Gasteiger partial charge in [-0.25, -0.2) is 4.79 Å². The number of hydrogen-bond acceptors (Lipinski definition) is 4. The molecule has 0 aliphatic heterocycles. The third-order valence-electron chi connectivity index (χ3n) is 2.92. The van der Waals surface area contributed by atoms with E-state index in [1.807, 2.05) is 17.5 Å². The summed E-state index contributed by atoms with van der Waals surface area (Å²) >= 11 is 1.48. The molecule has 0 saturated carbocycles. The summed E-state index contributed by atoms with van der Waals surface area (Å²) in [5.74, 6) is -1.34. The minimum atomic E-state index is -1.05. The predicted octanol–water partition coefficient (Wildman–Crippen LogP) is 1.63. The van der Waals surface area contributed by atoms with Crippen LogP contribution < -0.4 is 5.32 Å². The van der Waals surface area contributed by atoms with Crippen molar-refractivity contribution >= 4 is 23.2 Å². The lowest BCUT2D eigenvalue weighted by molar-refractivity contribution is -0.143. The fraction of sp³-hybridized carbons (Fsp3) is 0.538. The van der Waals surface area contributed by atoms with Gasteiger partial charge in [0.05, 0.1) is 5.41 Å². The molecule has 1 unspecified atom stereocenters. The van der Waals surface area contributed by atoms with Gasteiger partial charge in [0.1, 0.15) is 6.04 Å². The van der Waals surface area contributed by atoms with E-state index in [0.29, 0.717) is 0 Å². The Morgan fingerprint density at radius 3 is 2.68 bits per heavy atom. The number of thiophene rings is 1. The number of ether oxygens (including phenoxy) is 1. The summed E-state index contributed by atoms with van der Waals surface area (Å²) in [5, 5.41) is 13.5. The first-order valence-corrected chi connectivity index (χ1v) is 6.84. The second kappa shape index (κ2) is 6.68. The summed E-state index contributed by atoms with van der Waals surface area (Å²) in [6.45, 7) is 3.85. The lowest BCUT2D eigenvalue weighted by atomic mass is 9.90. The molecule has 6 heteroatoms. The van der Waals surface area contributed by atoms with Gasteiger partial charge in [0.15, 0.2) is 0 Å². The predicted molar refractivity (Wildman–Crippen MR) is 73.4 cm³/mol. The van der Waals surface area contributed by atoms with E-state index in [0.717, 1.165) is 4.88 Å². The van der Waals surface area contributed by atoms with Gasteiger partial charge in [-0.3, -0.25) is 4.79 Å². The Balaban J connectivity index is 2.73. The third kappa shape index (κ3) is 4.04. The van der Waals surface area contributed by atoms with Gasteiger partial charge in [-0.1, -0.05) is 6.07 Å². The van der Waals surface area contributed by atoms with Crippen molar-refractivity contribution in [2.45, 2.75) is 31.7 Å². The first kappa shape index (κ1) is 15.7. The minimum absolute atomic E-state index is 0.248. The number of aliphatic carboxylic acids is 1. The smallest absolute Gasteiger partial charge is 0.326 e. The Labute approximate surface area is 116 Å². The van der Waals surface area contributed by atoms with Gasteiger partial charge < -0.3 is 15.2 Å². The minimum Gasteiger partial charge on any atom is -0.480 e. The van der Waals surface area contributed by atoms with Crippen LogP contribution in [0.5, 0.6) is 0 Å². The molecule has 5 nitrogen and oxygen atoms in total. The highest BCUT2D eigenvalue weighted by Gasteiger charge is 2.33. The number of methoxy groups -OCH3 is 1. The molecule has 0 aliphatic carbocycles. The molecular weight excluding hydrogens is 266 g/mol. The number of carboxylic acids is 1. The molecule has 0 saturated heterocycles. The Hall–Kier alpha value is -1.40. The maximum atomic E-state index is 12.2. The van der Waals surface area contributed by atoms with Crippen LogP contribution in [0.4, 0.5) is 0 Å². The van der Waals surface area contributed by atoms with Crippen molar-refractivity contribution in [3.8, 4) is 0 Å². The largest absolute Gasteiger partial charge is 0.480 e. The number of amides is 1. The molecule has 0 aromatic carbocycles. The van der Waals surface area contributed by atoms with Gasteiger partial charge in [-0.05, 0) is 25.3 Å². The Morgan fingerprint density at radius 2 is 2.21 bits per heavy atom. The second-order valence-electron chi connectivity index (χ2n) is 4.75. The highest BCUT2D eigenvalue weighted by atomic mass is 32.1. The second-order valence-corrected chi connectivity index (χ2v) is 5.70. The number of nitrogens with one attached hydrogen (secondary N) is 1. The Morgan fingerprint density at radius 1 is 1.53 bits per heavy atom. The number of carbonyl (C=O) groups is 2. The molecule has 0 bridgehead atoms. The molecular formula is C13H19NO4S. The molecule has 0 spiro atoms. The summed E-state index contributed by atoms with van der Waals surface area (Å²) in [6, 6.07) is 2.82. The van der Waals surface area contributed by atoms with Crippen LogP contribution in [0.25, 0.3) is 0 Å². The van der Waals surface area contributed by atoms with Gasteiger partial charge >= 0.3 is 5.97 Å². The summed E-state index contributed by atoms with van der Waals surface area (Å²) in [4.78, 5) is 24.2. The van der Waals surface area contributed by atoms with Crippen LogP contribution in [0.2, 0.25) is 0 Å². The summed E-state index contributed by atoms with van der Waals surface area (Å²) in [7, 11) is 1.50. The first-order valence-electron chi connectivity index (χ1n) is 5.96. The zero-order valence-electron chi connectivity index (χ0n) is 11.3. The van der Waals surface area contributed by atoms with Gasteiger partial charge in [0.2, 0.25) is 5.91 Å². The summed E-state index contributed by atoms with van der Waals surface area (Å²) in [6.07, 6.45) is 0.248. The van der Waals surface area contributed by atoms with Crippen molar-refractivity contribution in [3.05, 3.63) is 22.4 Å². The van der Waals surface area contributed by atoms with E-state index in [2.05, 4.69) is 5.32 Å². The van der Waals surface area contributed by atoms with Crippen LogP contribution in [-0.2, 0) is 19.7 Å². The molecule has 0 aliphatic rings. The van der Waals surface area contributed by atoms with Crippen molar-refractivity contribution in [1.82, 2.24) is 5.32 Å². The maximum Gasteiger partial charge on any atom is 0.326 e. The fourth-order valence-electron chi connectivity index (χ4n) is 1.58. The first-order chi connectivity index (χ1) is 8.89. The lowest BCUT2D eigenvalue weighted by Gasteiger charge is -2.24. The van der Waals surface area contributed by atoms with E-state index in [9.17, 15) is 9.59 Å². The normalized spacial score (nSPS) is 13.0. The SMILES string of the molecule is COCCC(NC(=O)C(C)(C)c1cccs1)C(=O)O. The quantitative estimate of drug-likeness (QED) is 0.798. The van der Waals surface area contributed by atoms with E-state index in [1.54, 1.807) is 13.8 Å². The van der Waals surface area contributed by atoms with Crippen molar-refractivity contribution in [2.24, 2.45) is 0 Å². The molecule has 0 radical (unpaired) electrons. The Kier molecular flexibility index (Phi) is 5.50. The van der Waals surface area contributed by atoms with Gasteiger partial charge in [0.25, 0.3) is 0 Å². The van der Waals surface area contributed by atoms with Gasteiger partial charge in [-0.15, -0.1) is 11.3 Å². The van der Waals surface area contributed by atoms with E-state index in [-0.39, 0.29) is 18.9 Å². The van der Waals surface area contributed by atoms with Crippen molar-refractivity contribution in [2.75, 3.05) is 13.7 Å². The van der Waals surface area contributed by atoms with E-state index in [1.165, 1.54) is 18.4 Å². The van der Waals surface area contributed by atoms with E-state index >= 15 is 0 Å². The molecule has 2 N–H and O–H groups in total. The summed E-state index contributed by atoms with van der Waals surface area (Å²) < 4.78 is 4.85. The number of carboxylic acid groups (broad SMARTS) is 1. The molecule has 1 aromatic heterocycles. The van der Waals surface area contributed by atoms with Crippen molar-refractivity contribution in [3.63, 3.8) is 0 Å². The van der Waals surface area contributed by atoms with Crippen LogP contribution >= 0.6 is 11.3 Å². The molecule has 1 aromatic rings.